The highest BCUT2D eigenvalue weighted by atomic mass is 31.2. The van der Waals surface area contributed by atoms with Gasteiger partial charge in [-0.1, -0.05) is 136 Å². The maximum atomic E-state index is 12.7. The Hall–Kier alpha value is -3.37. The molecule has 2 unspecified atom stereocenters. The number of hydrogen-bond donors (Lipinski definition) is 1. The molecule has 0 spiro atoms. The highest BCUT2D eigenvalue weighted by molar-refractivity contribution is 7.45. The molecule has 0 amide bonds. The first-order valence-corrected chi connectivity index (χ1v) is 23.2. The molecule has 0 aliphatic heterocycles. The van der Waals surface area contributed by atoms with E-state index in [-0.39, 0.29) is 26.1 Å². The Balaban J connectivity index is 4.69. The minimum Gasteiger partial charge on any atom is -0.756 e. The normalized spacial score (nSPS) is 15.2. The first kappa shape index (κ1) is 55.6. The fraction of sp³-hybridized carbons (Fsp3) is 0.583. The van der Waals surface area contributed by atoms with Gasteiger partial charge in [-0.25, -0.2) is 0 Å². The summed E-state index contributed by atoms with van der Waals surface area (Å²) in [4.78, 5) is 37.5. The summed E-state index contributed by atoms with van der Waals surface area (Å²) in [6.45, 7) is 3.75. The van der Waals surface area contributed by atoms with E-state index in [0.29, 0.717) is 36.7 Å². The Bertz CT molecular complexity index is 1380. The zero-order chi connectivity index (χ0) is 43.7. The Morgan fingerprint density at radius 2 is 1.17 bits per heavy atom. The first-order chi connectivity index (χ1) is 28.4. The third kappa shape index (κ3) is 42.6. The number of hydrogen-bond acceptors (Lipinski definition) is 9. The maximum Gasteiger partial charge on any atom is 0.306 e. The molecule has 0 aromatic rings. The number of likely N-dealkylation sites (N-methyl/N-ethyl adjacent to an activating group) is 1. The van der Waals surface area contributed by atoms with E-state index in [1.54, 1.807) is 12.2 Å². The van der Waals surface area contributed by atoms with Crippen molar-refractivity contribution in [3.63, 3.8) is 0 Å². The number of aliphatic hydroxyl groups excluding tert-OH is 1. The number of quaternary nitrogens is 1. The fourth-order valence-corrected chi connectivity index (χ4v) is 5.70. The van der Waals surface area contributed by atoms with E-state index in [1.165, 1.54) is 19.3 Å². The second-order valence-electron chi connectivity index (χ2n) is 15.2. The smallest absolute Gasteiger partial charge is 0.306 e. The first-order valence-electron chi connectivity index (χ1n) is 21.7. The van der Waals surface area contributed by atoms with Gasteiger partial charge in [0.25, 0.3) is 7.82 Å². The van der Waals surface area contributed by atoms with Gasteiger partial charge < -0.3 is 33.0 Å². The SMILES string of the molecule is CC/C=C\C/C=C\C/C=C\C/C=C\C=C\C(O)CCCC(=O)OC[C@H](COP(=O)([O-])OCC[N+](C)(C)C)OC(=O)CCC/C=C\C/C=C\C/C=C\C/C=C\CCCCC. The number of nitrogens with zero attached hydrogens (tertiary/aromatic N) is 1. The van der Waals surface area contributed by atoms with E-state index in [1.807, 2.05) is 45.4 Å². The molecule has 0 aliphatic carbocycles. The minimum absolute atomic E-state index is 0.0275. The van der Waals surface area contributed by atoms with Crippen molar-refractivity contribution in [2.75, 3.05) is 47.5 Å². The van der Waals surface area contributed by atoms with Crippen molar-refractivity contribution in [2.24, 2.45) is 0 Å². The molecule has 0 aliphatic rings. The molecule has 0 bridgehead atoms. The lowest BCUT2D eigenvalue weighted by Crippen LogP contribution is -2.37. The van der Waals surface area contributed by atoms with Gasteiger partial charge in [-0.2, -0.15) is 0 Å². The minimum atomic E-state index is -4.69. The van der Waals surface area contributed by atoms with Gasteiger partial charge >= 0.3 is 11.9 Å². The second-order valence-corrected chi connectivity index (χ2v) is 16.6. The van der Waals surface area contributed by atoms with E-state index in [0.717, 1.165) is 51.4 Å². The van der Waals surface area contributed by atoms with Crippen LogP contribution in [0.2, 0.25) is 0 Å². The molecule has 334 valence electrons. The van der Waals surface area contributed by atoms with Crippen molar-refractivity contribution in [3.8, 4) is 0 Å². The fourth-order valence-electron chi connectivity index (χ4n) is 4.97. The summed E-state index contributed by atoms with van der Waals surface area (Å²) < 4.78 is 33.6. The number of ether oxygens (including phenoxy) is 2. The molecule has 0 aromatic carbocycles. The molecule has 0 aromatic heterocycles. The topological polar surface area (TPSA) is 131 Å². The number of allylic oxidation sites excluding steroid dienone is 17. The summed E-state index contributed by atoms with van der Waals surface area (Å²) in [6.07, 6.45) is 48.7. The number of carbonyl (C=O) groups excluding carboxylic acids is 2. The van der Waals surface area contributed by atoms with Gasteiger partial charge in [0, 0.05) is 12.8 Å². The van der Waals surface area contributed by atoms with Crippen LogP contribution in [0.15, 0.2) is 109 Å². The molecule has 0 heterocycles. The third-order valence-electron chi connectivity index (χ3n) is 8.38. The van der Waals surface area contributed by atoms with Gasteiger partial charge in [0.15, 0.2) is 6.10 Å². The molecule has 0 saturated carbocycles. The van der Waals surface area contributed by atoms with Crippen molar-refractivity contribution >= 4 is 19.8 Å². The Morgan fingerprint density at radius 1 is 0.644 bits per heavy atom. The predicted octanol–water partition coefficient (Wildman–Crippen LogP) is 10.7. The molecule has 11 heteroatoms. The molecule has 0 radical (unpaired) electrons. The van der Waals surface area contributed by atoms with E-state index >= 15 is 0 Å². The molecule has 0 rings (SSSR count). The molecule has 1 N–H and O–H groups in total. The van der Waals surface area contributed by atoms with Crippen LogP contribution in [0.4, 0.5) is 0 Å². The van der Waals surface area contributed by atoms with Crippen LogP contribution in [-0.4, -0.2) is 81.2 Å². The average Bonchev–Trinajstić information content (AvgIpc) is 3.18. The Kier molecular flexibility index (Phi) is 36.6. The molecule has 10 nitrogen and oxygen atoms in total. The van der Waals surface area contributed by atoms with Crippen LogP contribution in [0.5, 0.6) is 0 Å². The number of phosphoric acid groups is 1. The number of aliphatic hydroxyl groups is 1. The van der Waals surface area contributed by atoms with Crippen LogP contribution in [0.3, 0.4) is 0 Å². The largest absolute Gasteiger partial charge is 0.756 e. The summed E-state index contributed by atoms with van der Waals surface area (Å²) in [6, 6.07) is 0. The van der Waals surface area contributed by atoms with Crippen LogP contribution in [0, 0.1) is 0 Å². The lowest BCUT2D eigenvalue weighted by Gasteiger charge is -2.28. The van der Waals surface area contributed by atoms with Crippen LogP contribution in [-0.2, 0) is 32.7 Å². The molecule has 0 fully saturated rings. The quantitative estimate of drug-likeness (QED) is 0.0162. The Morgan fingerprint density at radius 3 is 1.73 bits per heavy atom. The van der Waals surface area contributed by atoms with Crippen LogP contribution in [0.25, 0.3) is 0 Å². The molecule has 59 heavy (non-hydrogen) atoms. The van der Waals surface area contributed by atoms with Crippen molar-refractivity contribution in [3.05, 3.63) is 109 Å². The van der Waals surface area contributed by atoms with Crippen LogP contribution in [0.1, 0.15) is 123 Å². The Labute approximate surface area is 358 Å². The monoisotopic (exact) mass is 844 g/mol. The molecule has 0 saturated heterocycles. The predicted molar refractivity (Wildman–Crippen MR) is 241 cm³/mol. The highest BCUT2D eigenvalue weighted by Gasteiger charge is 2.21. The zero-order valence-corrected chi connectivity index (χ0v) is 37.9. The van der Waals surface area contributed by atoms with E-state index in [2.05, 4.69) is 86.8 Å². The van der Waals surface area contributed by atoms with Crippen molar-refractivity contribution in [1.29, 1.82) is 0 Å². The lowest BCUT2D eigenvalue weighted by molar-refractivity contribution is -0.870. The molecular weight excluding hydrogens is 765 g/mol. The van der Waals surface area contributed by atoms with Gasteiger partial charge in [-0.15, -0.1) is 0 Å². The summed E-state index contributed by atoms with van der Waals surface area (Å²) in [5.41, 5.74) is 0. The number of carbonyl (C=O) groups is 2. The van der Waals surface area contributed by atoms with Gasteiger partial charge in [0.1, 0.15) is 19.8 Å². The summed E-state index contributed by atoms with van der Waals surface area (Å²) in [5.74, 6) is -1.12. The van der Waals surface area contributed by atoms with Gasteiger partial charge in [0.2, 0.25) is 0 Å². The van der Waals surface area contributed by atoms with Crippen LogP contribution >= 0.6 is 7.82 Å². The third-order valence-corrected chi connectivity index (χ3v) is 9.35. The van der Waals surface area contributed by atoms with E-state index in [4.69, 9.17) is 18.5 Å². The number of phosphoric ester groups is 1. The molecular formula is C48H78NO9P. The van der Waals surface area contributed by atoms with Crippen molar-refractivity contribution in [2.45, 2.75) is 135 Å². The summed E-state index contributed by atoms with van der Waals surface area (Å²) >= 11 is 0. The van der Waals surface area contributed by atoms with Crippen molar-refractivity contribution < 1.29 is 47.2 Å². The van der Waals surface area contributed by atoms with E-state index in [9.17, 15) is 24.2 Å². The van der Waals surface area contributed by atoms with Gasteiger partial charge in [-0.3, -0.25) is 14.2 Å². The van der Waals surface area contributed by atoms with Crippen molar-refractivity contribution in [1.82, 2.24) is 0 Å². The standard InChI is InChI=1S/C48H78NO9P/c1-6-8-10-12-14-16-18-20-21-22-23-25-27-29-31-33-35-39-48(52)58-46(44-57-59(53,54)56-42-41-49(3,4)5)43-55-47(51)40-36-38-45(50)37-34-32-30-28-26-24-19-17-15-13-11-9-7-2/h9,11,14-17,20-21,23-26,29-32,34,37,45-46,50H,6-8,10,12-13,18-19,22,27-28,33,35-36,38-44H2,1-5H3/b11-9-,16-14-,17-15-,21-20-,25-23-,26-24-,31-29-,32-30-,37-34+/t45?,46-/m1/s1. The van der Waals surface area contributed by atoms with Gasteiger partial charge in [0.05, 0.1) is 33.9 Å². The summed E-state index contributed by atoms with van der Waals surface area (Å²) in [5, 5.41) is 10.3. The van der Waals surface area contributed by atoms with Crippen LogP contribution < -0.4 is 4.89 Å². The average molecular weight is 844 g/mol. The van der Waals surface area contributed by atoms with Gasteiger partial charge in [-0.05, 0) is 83.5 Å². The zero-order valence-electron chi connectivity index (χ0n) is 37.0. The number of rotatable bonds is 37. The number of esters is 2. The maximum absolute atomic E-state index is 12.7. The molecule has 3 atom stereocenters. The lowest BCUT2D eigenvalue weighted by atomic mass is 10.1. The van der Waals surface area contributed by atoms with E-state index < -0.39 is 38.6 Å². The second kappa shape index (κ2) is 38.8. The number of unbranched alkanes of at least 4 members (excludes halogenated alkanes) is 4. The summed E-state index contributed by atoms with van der Waals surface area (Å²) in [7, 11) is 1.01. The highest BCUT2D eigenvalue weighted by Crippen LogP contribution is 2.38.